The van der Waals surface area contributed by atoms with Crippen LogP contribution in [0.2, 0.25) is 0 Å². The predicted molar refractivity (Wildman–Crippen MR) is 55.9 cm³/mol. The Hall–Kier alpha value is -0.480. The van der Waals surface area contributed by atoms with Crippen LogP contribution in [0.5, 0.6) is 0 Å². The zero-order chi connectivity index (χ0) is 8.81. The molecule has 0 saturated carbocycles. The van der Waals surface area contributed by atoms with Crippen molar-refractivity contribution in [3.05, 3.63) is 29.2 Å². The zero-order valence-electron chi connectivity index (χ0n) is 6.69. The lowest BCUT2D eigenvalue weighted by atomic mass is 10.3. The topological polar surface area (TPSA) is 29.4 Å². The average Bonchev–Trinajstić information content (AvgIpc) is 2.15. The molecule has 0 atom stereocenters. The fraction of sp³-hybridized carbons (Fsp3) is 0.250. The molecule has 0 aliphatic heterocycles. The summed E-state index contributed by atoms with van der Waals surface area (Å²) >= 11 is 0. The molecule has 0 bridgehead atoms. The summed E-state index contributed by atoms with van der Waals surface area (Å²) in [6.45, 7) is 2.08. The Kier molecular flexibility index (Phi) is 4.18. The molecular weight excluding hydrogens is 190 g/mol. The molecule has 0 saturated heterocycles. The number of nitroso groups, excluding NO2 is 1. The standard InChI is InChI=1S/C8H9NOS2/c1-2-11-12-8-6-4-3-5-7(8)9-10/h3-6H,2H2,1H3. The summed E-state index contributed by atoms with van der Waals surface area (Å²) < 4.78 is 0. The lowest BCUT2D eigenvalue weighted by Gasteiger charge is -1.99. The van der Waals surface area contributed by atoms with E-state index in [1.54, 1.807) is 27.7 Å². The Labute approximate surface area is 79.5 Å². The second-order valence-corrected chi connectivity index (χ2v) is 4.68. The third-order valence-electron chi connectivity index (χ3n) is 1.23. The monoisotopic (exact) mass is 199 g/mol. The minimum Gasteiger partial charge on any atom is -0.145 e. The molecule has 1 aromatic carbocycles. The van der Waals surface area contributed by atoms with E-state index in [1.807, 2.05) is 18.2 Å². The highest BCUT2D eigenvalue weighted by molar-refractivity contribution is 8.76. The molecule has 0 aromatic heterocycles. The fourth-order valence-electron chi connectivity index (χ4n) is 0.725. The Balaban J connectivity index is 2.75. The number of benzene rings is 1. The zero-order valence-corrected chi connectivity index (χ0v) is 8.32. The van der Waals surface area contributed by atoms with E-state index in [1.165, 1.54) is 0 Å². The summed E-state index contributed by atoms with van der Waals surface area (Å²) in [5.74, 6) is 1.03. The van der Waals surface area contributed by atoms with Gasteiger partial charge in [0.2, 0.25) is 0 Å². The normalized spacial score (nSPS) is 9.75. The van der Waals surface area contributed by atoms with Crippen molar-refractivity contribution in [1.82, 2.24) is 0 Å². The molecule has 0 N–H and O–H groups in total. The van der Waals surface area contributed by atoms with Crippen LogP contribution in [-0.4, -0.2) is 5.75 Å². The molecule has 0 aliphatic rings. The van der Waals surface area contributed by atoms with E-state index < -0.39 is 0 Å². The first-order valence-corrected chi connectivity index (χ1v) is 5.92. The van der Waals surface area contributed by atoms with Crippen LogP contribution in [-0.2, 0) is 0 Å². The maximum Gasteiger partial charge on any atom is 0.122 e. The number of nitrogens with zero attached hydrogens (tertiary/aromatic N) is 1. The summed E-state index contributed by atoms with van der Waals surface area (Å²) in [4.78, 5) is 11.3. The van der Waals surface area contributed by atoms with Crippen LogP contribution >= 0.6 is 21.6 Å². The van der Waals surface area contributed by atoms with Gasteiger partial charge in [-0.05, 0) is 17.3 Å². The molecule has 0 fully saturated rings. The summed E-state index contributed by atoms with van der Waals surface area (Å²) in [6, 6.07) is 7.36. The van der Waals surface area contributed by atoms with Gasteiger partial charge in [0, 0.05) is 10.6 Å². The molecule has 12 heavy (non-hydrogen) atoms. The minimum absolute atomic E-state index is 0.531. The largest absolute Gasteiger partial charge is 0.145 e. The third kappa shape index (κ3) is 2.53. The van der Waals surface area contributed by atoms with E-state index in [0.717, 1.165) is 10.6 Å². The molecule has 0 spiro atoms. The molecule has 1 aromatic rings. The first-order valence-electron chi connectivity index (χ1n) is 3.60. The highest BCUT2D eigenvalue weighted by Gasteiger charge is 2.00. The van der Waals surface area contributed by atoms with E-state index in [2.05, 4.69) is 12.1 Å². The van der Waals surface area contributed by atoms with Gasteiger partial charge in [-0.1, -0.05) is 40.6 Å². The predicted octanol–water partition coefficient (Wildman–Crippen LogP) is 3.84. The third-order valence-corrected chi connectivity index (χ3v) is 3.71. The number of hydrogen-bond donors (Lipinski definition) is 0. The highest BCUT2D eigenvalue weighted by Crippen LogP contribution is 2.36. The van der Waals surface area contributed by atoms with E-state index in [4.69, 9.17) is 0 Å². The van der Waals surface area contributed by atoms with Crippen molar-refractivity contribution in [2.45, 2.75) is 11.8 Å². The molecular formula is C8H9NOS2. The van der Waals surface area contributed by atoms with Crippen LogP contribution in [0.15, 0.2) is 34.3 Å². The second-order valence-electron chi connectivity index (χ2n) is 2.05. The summed E-state index contributed by atoms with van der Waals surface area (Å²) in [5.41, 5.74) is 0.531. The van der Waals surface area contributed by atoms with E-state index in [-0.39, 0.29) is 0 Å². The van der Waals surface area contributed by atoms with Gasteiger partial charge >= 0.3 is 0 Å². The van der Waals surface area contributed by atoms with Crippen molar-refractivity contribution in [3.63, 3.8) is 0 Å². The van der Waals surface area contributed by atoms with Gasteiger partial charge in [0.25, 0.3) is 0 Å². The van der Waals surface area contributed by atoms with Crippen LogP contribution in [0, 0.1) is 4.91 Å². The van der Waals surface area contributed by atoms with Crippen LogP contribution in [0.4, 0.5) is 5.69 Å². The first kappa shape index (κ1) is 9.61. The molecule has 0 amide bonds. The first-order chi connectivity index (χ1) is 5.88. The van der Waals surface area contributed by atoms with Crippen LogP contribution in [0.25, 0.3) is 0 Å². The number of hydrogen-bond acceptors (Lipinski definition) is 4. The Morgan fingerprint density at radius 2 is 2.17 bits per heavy atom. The Morgan fingerprint density at radius 3 is 2.83 bits per heavy atom. The smallest absolute Gasteiger partial charge is 0.122 e. The average molecular weight is 199 g/mol. The van der Waals surface area contributed by atoms with Crippen LogP contribution < -0.4 is 0 Å². The quantitative estimate of drug-likeness (QED) is 0.545. The summed E-state index contributed by atoms with van der Waals surface area (Å²) in [6.07, 6.45) is 0. The second kappa shape index (κ2) is 5.22. The molecule has 64 valence electrons. The fourth-order valence-corrected chi connectivity index (χ4v) is 2.45. The minimum atomic E-state index is 0.531. The maximum atomic E-state index is 10.3. The van der Waals surface area contributed by atoms with Crippen molar-refractivity contribution in [3.8, 4) is 0 Å². The van der Waals surface area contributed by atoms with Gasteiger partial charge < -0.3 is 0 Å². The molecule has 2 nitrogen and oxygen atoms in total. The van der Waals surface area contributed by atoms with Gasteiger partial charge in [-0.25, -0.2) is 0 Å². The van der Waals surface area contributed by atoms with Gasteiger partial charge in [0.1, 0.15) is 5.69 Å². The molecule has 0 heterocycles. The molecule has 0 radical (unpaired) electrons. The van der Waals surface area contributed by atoms with Gasteiger partial charge in [0.15, 0.2) is 0 Å². The SMILES string of the molecule is CCSSc1ccccc1N=O. The van der Waals surface area contributed by atoms with E-state index in [0.29, 0.717) is 5.69 Å². The van der Waals surface area contributed by atoms with Crippen molar-refractivity contribution in [2.24, 2.45) is 5.18 Å². The van der Waals surface area contributed by atoms with Gasteiger partial charge in [0.05, 0.1) is 0 Å². The summed E-state index contributed by atoms with van der Waals surface area (Å²) in [5, 5.41) is 2.94. The van der Waals surface area contributed by atoms with Gasteiger partial charge in [-0.15, -0.1) is 4.91 Å². The van der Waals surface area contributed by atoms with Gasteiger partial charge in [-0.3, -0.25) is 0 Å². The molecule has 0 unspecified atom stereocenters. The number of rotatable bonds is 4. The van der Waals surface area contributed by atoms with Crippen LogP contribution in [0.1, 0.15) is 6.92 Å². The van der Waals surface area contributed by atoms with Crippen molar-refractivity contribution >= 4 is 27.3 Å². The highest BCUT2D eigenvalue weighted by atomic mass is 33.1. The lowest BCUT2D eigenvalue weighted by Crippen LogP contribution is -1.69. The molecule has 4 heteroatoms. The van der Waals surface area contributed by atoms with E-state index >= 15 is 0 Å². The van der Waals surface area contributed by atoms with Crippen molar-refractivity contribution < 1.29 is 0 Å². The lowest BCUT2D eigenvalue weighted by molar-refractivity contribution is 1.37. The van der Waals surface area contributed by atoms with Crippen molar-refractivity contribution in [1.29, 1.82) is 0 Å². The molecule has 1 rings (SSSR count). The van der Waals surface area contributed by atoms with Crippen LogP contribution in [0.3, 0.4) is 0 Å². The summed E-state index contributed by atoms with van der Waals surface area (Å²) in [7, 11) is 3.30. The van der Waals surface area contributed by atoms with E-state index in [9.17, 15) is 4.91 Å². The molecule has 0 aliphatic carbocycles. The Bertz CT molecular complexity index is 265. The maximum absolute atomic E-state index is 10.3. The Morgan fingerprint density at radius 1 is 1.42 bits per heavy atom. The van der Waals surface area contributed by atoms with Gasteiger partial charge in [-0.2, -0.15) is 0 Å². The van der Waals surface area contributed by atoms with Crippen molar-refractivity contribution in [2.75, 3.05) is 5.75 Å².